The quantitative estimate of drug-likeness (QED) is 0.393. The second-order valence-electron chi connectivity index (χ2n) is 6.12. The lowest BCUT2D eigenvalue weighted by Crippen LogP contribution is -2.23. The number of nitro groups is 1. The Bertz CT molecular complexity index is 1260. The molecule has 0 N–H and O–H groups in total. The molecule has 28 heavy (non-hydrogen) atoms. The van der Waals surface area contributed by atoms with Crippen molar-refractivity contribution in [1.82, 2.24) is 9.55 Å². The first-order chi connectivity index (χ1) is 13.6. The second-order valence-corrected chi connectivity index (χ2v) is 6.12. The number of nitro benzene ring substituents is 1. The first kappa shape index (κ1) is 17.4. The van der Waals surface area contributed by atoms with E-state index >= 15 is 0 Å². The van der Waals surface area contributed by atoms with Gasteiger partial charge in [-0.05, 0) is 29.8 Å². The third-order valence-corrected chi connectivity index (χ3v) is 4.35. The largest absolute Gasteiger partial charge is 0.293 e. The molecule has 0 saturated carbocycles. The average Bonchev–Trinajstić information content (AvgIpc) is 2.73. The van der Waals surface area contributed by atoms with E-state index < -0.39 is 4.92 Å². The van der Waals surface area contributed by atoms with Gasteiger partial charge in [-0.2, -0.15) is 0 Å². The van der Waals surface area contributed by atoms with Crippen LogP contribution in [0.5, 0.6) is 0 Å². The van der Waals surface area contributed by atoms with Gasteiger partial charge in [0, 0.05) is 6.07 Å². The molecule has 0 aliphatic carbocycles. The monoisotopic (exact) mass is 369 g/mol. The van der Waals surface area contributed by atoms with E-state index in [1.165, 1.54) is 10.6 Å². The molecule has 0 fully saturated rings. The fourth-order valence-electron chi connectivity index (χ4n) is 3.04. The zero-order valence-electron chi connectivity index (χ0n) is 14.7. The van der Waals surface area contributed by atoms with Crippen molar-refractivity contribution < 1.29 is 4.92 Å². The number of para-hydroxylation sites is 3. The molecular formula is C22H15N3O3. The van der Waals surface area contributed by atoms with Crippen molar-refractivity contribution in [2.45, 2.75) is 0 Å². The molecule has 6 nitrogen and oxygen atoms in total. The van der Waals surface area contributed by atoms with E-state index in [4.69, 9.17) is 0 Å². The number of hydrogen-bond acceptors (Lipinski definition) is 4. The Hall–Kier alpha value is -4.06. The van der Waals surface area contributed by atoms with E-state index in [9.17, 15) is 14.9 Å². The first-order valence-electron chi connectivity index (χ1n) is 8.64. The normalized spacial score (nSPS) is 11.1. The van der Waals surface area contributed by atoms with Gasteiger partial charge in [-0.3, -0.25) is 19.5 Å². The van der Waals surface area contributed by atoms with E-state index in [0.717, 1.165) is 5.56 Å². The zero-order chi connectivity index (χ0) is 19.5. The topological polar surface area (TPSA) is 78.0 Å². The molecule has 0 radical (unpaired) electrons. The lowest BCUT2D eigenvalue weighted by molar-refractivity contribution is -0.384. The van der Waals surface area contributed by atoms with Crippen LogP contribution >= 0.6 is 0 Å². The van der Waals surface area contributed by atoms with Crippen LogP contribution in [0.3, 0.4) is 0 Å². The Morgan fingerprint density at radius 2 is 1.54 bits per heavy atom. The zero-order valence-corrected chi connectivity index (χ0v) is 14.7. The molecule has 0 aliphatic heterocycles. The maximum Gasteiger partial charge on any atom is 0.293 e. The molecule has 0 aliphatic rings. The average molecular weight is 369 g/mol. The number of rotatable bonds is 4. The van der Waals surface area contributed by atoms with Gasteiger partial charge in [0.25, 0.3) is 11.2 Å². The van der Waals surface area contributed by atoms with Gasteiger partial charge in [-0.1, -0.05) is 60.7 Å². The summed E-state index contributed by atoms with van der Waals surface area (Å²) in [6, 6.07) is 22.7. The highest BCUT2D eigenvalue weighted by atomic mass is 16.6. The molecule has 0 atom stereocenters. The van der Waals surface area contributed by atoms with Crippen molar-refractivity contribution in [3.8, 4) is 5.69 Å². The molecule has 136 valence electrons. The number of fused-ring (bicyclic) bond motifs is 1. The van der Waals surface area contributed by atoms with Gasteiger partial charge in [0.15, 0.2) is 0 Å². The summed E-state index contributed by atoms with van der Waals surface area (Å²) in [4.78, 5) is 28.8. The SMILES string of the molecule is O=c1c2ccccc2nc(C=Cc2ccccc2)n1-c1ccccc1[N+](=O)[O-]. The van der Waals surface area contributed by atoms with Crippen molar-refractivity contribution in [2.75, 3.05) is 0 Å². The molecule has 3 aromatic carbocycles. The lowest BCUT2D eigenvalue weighted by Gasteiger charge is -2.11. The van der Waals surface area contributed by atoms with E-state index in [-0.39, 0.29) is 16.9 Å². The van der Waals surface area contributed by atoms with Gasteiger partial charge < -0.3 is 0 Å². The minimum Gasteiger partial charge on any atom is -0.268 e. The first-order valence-corrected chi connectivity index (χ1v) is 8.64. The predicted molar refractivity (Wildman–Crippen MR) is 109 cm³/mol. The smallest absolute Gasteiger partial charge is 0.268 e. The molecule has 0 amide bonds. The Morgan fingerprint density at radius 3 is 2.32 bits per heavy atom. The van der Waals surface area contributed by atoms with Gasteiger partial charge in [0.05, 0.1) is 15.8 Å². The van der Waals surface area contributed by atoms with Gasteiger partial charge >= 0.3 is 0 Å². The summed E-state index contributed by atoms with van der Waals surface area (Å²) in [5.41, 5.74) is 1.14. The van der Waals surface area contributed by atoms with Crippen molar-refractivity contribution in [3.63, 3.8) is 0 Å². The third kappa shape index (κ3) is 3.19. The van der Waals surface area contributed by atoms with Gasteiger partial charge in [0.1, 0.15) is 11.5 Å². The summed E-state index contributed by atoms with van der Waals surface area (Å²) in [7, 11) is 0. The van der Waals surface area contributed by atoms with Crippen LogP contribution in [0.25, 0.3) is 28.7 Å². The highest BCUT2D eigenvalue weighted by Gasteiger charge is 2.19. The summed E-state index contributed by atoms with van der Waals surface area (Å²) < 4.78 is 1.29. The Labute approximate surface area is 160 Å². The van der Waals surface area contributed by atoms with Crippen LogP contribution < -0.4 is 5.56 Å². The molecular weight excluding hydrogens is 354 g/mol. The summed E-state index contributed by atoms with van der Waals surface area (Å²) in [5, 5.41) is 11.9. The summed E-state index contributed by atoms with van der Waals surface area (Å²) in [6.07, 6.45) is 3.52. The minimum absolute atomic E-state index is 0.156. The highest BCUT2D eigenvalue weighted by molar-refractivity contribution is 5.80. The minimum atomic E-state index is -0.498. The third-order valence-electron chi connectivity index (χ3n) is 4.35. The molecule has 4 rings (SSSR count). The molecule has 1 aromatic heterocycles. The van der Waals surface area contributed by atoms with Crippen LogP contribution in [-0.2, 0) is 0 Å². The summed E-state index contributed by atoms with van der Waals surface area (Å²) in [6.45, 7) is 0. The summed E-state index contributed by atoms with van der Waals surface area (Å²) in [5.74, 6) is 0.321. The molecule has 6 heteroatoms. The van der Waals surface area contributed by atoms with Gasteiger partial charge in [0.2, 0.25) is 0 Å². The van der Waals surface area contributed by atoms with E-state index in [2.05, 4.69) is 4.98 Å². The fourth-order valence-corrected chi connectivity index (χ4v) is 3.04. The van der Waals surface area contributed by atoms with Crippen molar-refractivity contribution >= 4 is 28.7 Å². The van der Waals surface area contributed by atoms with E-state index in [0.29, 0.717) is 16.7 Å². The Morgan fingerprint density at radius 1 is 0.857 bits per heavy atom. The maximum atomic E-state index is 13.2. The molecule has 0 spiro atoms. The fraction of sp³-hybridized carbons (Fsp3) is 0. The number of hydrogen-bond donors (Lipinski definition) is 0. The van der Waals surface area contributed by atoms with E-state index in [1.807, 2.05) is 36.4 Å². The molecule has 4 aromatic rings. The van der Waals surface area contributed by atoms with Crippen LogP contribution in [0.1, 0.15) is 11.4 Å². The van der Waals surface area contributed by atoms with Crippen LogP contribution in [0.15, 0.2) is 83.7 Å². The molecule has 0 unspecified atom stereocenters. The van der Waals surface area contributed by atoms with Crippen molar-refractivity contribution in [1.29, 1.82) is 0 Å². The van der Waals surface area contributed by atoms with E-state index in [1.54, 1.807) is 48.5 Å². The van der Waals surface area contributed by atoms with Gasteiger partial charge in [-0.25, -0.2) is 4.98 Å². The lowest BCUT2D eigenvalue weighted by atomic mass is 10.2. The maximum absolute atomic E-state index is 13.2. The van der Waals surface area contributed by atoms with Crippen LogP contribution in [0, 0.1) is 10.1 Å². The number of aromatic nitrogens is 2. The second kappa shape index (κ2) is 7.28. The summed E-state index contributed by atoms with van der Waals surface area (Å²) >= 11 is 0. The molecule has 0 saturated heterocycles. The van der Waals surface area contributed by atoms with Crippen LogP contribution in [-0.4, -0.2) is 14.5 Å². The predicted octanol–water partition coefficient (Wildman–Crippen LogP) is 4.46. The number of benzene rings is 3. The van der Waals surface area contributed by atoms with Gasteiger partial charge in [-0.15, -0.1) is 0 Å². The number of nitrogens with zero attached hydrogens (tertiary/aromatic N) is 3. The van der Waals surface area contributed by atoms with Crippen LogP contribution in [0.4, 0.5) is 5.69 Å². The van der Waals surface area contributed by atoms with Crippen LogP contribution in [0.2, 0.25) is 0 Å². The standard InChI is InChI=1S/C22H15N3O3/c26-22-17-10-4-5-11-18(17)23-21(15-14-16-8-2-1-3-9-16)24(22)19-12-6-7-13-20(19)25(27)28/h1-15H. The Kier molecular flexibility index (Phi) is 4.51. The Balaban J connectivity index is 2.01. The van der Waals surface area contributed by atoms with Crippen molar-refractivity contribution in [2.24, 2.45) is 0 Å². The molecule has 0 bridgehead atoms. The van der Waals surface area contributed by atoms with Crippen molar-refractivity contribution in [3.05, 3.63) is 111 Å². The molecule has 1 heterocycles. The highest BCUT2D eigenvalue weighted by Crippen LogP contribution is 2.23.